The molecule has 1 heterocycles. The Labute approximate surface area is 152 Å². The molecule has 0 spiro atoms. The summed E-state index contributed by atoms with van der Waals surface area (Å²) in [4.78, 5) is 4.15. The van der Waals surface area contributed by atoms with E-state index < -0.39 is 10.0 Å². The summed E-state index contributed by atoms with van der Waals surface area (Å²) in [5, 5.41) is 4.18. The molecule has 136 valence electrons. The molecule has 26 heavy (non-hydrogen) atoms. The molecule has 0 radical (unpaired) electrons. The third kappa shape index (κ3) is 4.40. The number of hydrogen-bond acceptors (Lipinski definition) is 5. The van der Waals surface area contributed by atoms with Crippen LogP contribution in [0.4, 0.5) is 5.95 Å². The lowest BCUT2D eigenvalue weighted by Crippen LogP contribution is -2.14. The van der Waals surface area contributed by atoms with Crippen molar-refractivity contribution in [2.45, 2.75) is 25.3 Å². The van der Waals surface area contributed by atoms with Gasteiger partial charge in [0.2, 0.25) is 0 Å². The van der Waals surface area contributed by atoms with Crippen molar-refractivity contribution in [2.24, 2.45) is 0 Å². The summed E-state index contributed by atoms with van der Waals surface area (Å²) in [7, 11) is -3.76. The Morgan fingerprint density at radius 2 is 1.92 bits per heavy atom. The van der Waals surface area contributed by atoms with E-state index in [1.807, 2.05) is 38.1 Å². The first-order chi connectivity index (χ1) is 12.5. The summed E-state index contributed by atoms with van der Waals surface area (Å²) in [6.45, 7) is 4.91. The molecule has 0 atom stereocenters. The number of ether oxygens (including phenoxy) is 1. The molecule has 0 saturated heterocycles. The third-order valence-electron chi connectivity index (χ3n) is 3.63. The van der Waals surface area contributed by atoms with E-state index in [-0.39, 0.29) is 10.8 Å². The predicted octanol–water partition coefficient (Wildman–Crippen LogP) is 2.83. The van der Waals surface area contributed by atoms with E-state index in [2.05, 4.69) is 14.8 Å². The van der Waals surface area contributed by atoms with E-state index in [0.717, 1.165) is 11.1 Å². The van der Waals surface area contributed by atoms with Gasteiger partial charge in [-0.2, -0.15) is 4.98 Å². The van der Waals surface area contributed by atoms with Crippen molar-refractivity contribution in [1.82, 2.24) is 14.8 Å². The third-order valence-corrected chi connectivity index (χ3v) is 4.98. The van der Waals surface area contributed by atoms with Crippen molar-refractivity contribution in [3.63, 3.8) is 0 Å². The summed E-state index contributed by atoms with van der Waals surface area (Å²) in [5.74, 6) is 0.651. The minimum Gasteiger partial charge on any atom is -0.494 e. The van der Waals surface area contributed by atoms with E-state index in [1.54, 1.807) is 16.8 Å². The molecular weight excluding hydrogens is 352 g/mol. The standard InChI is InChI=1S/C18H20N4O3S/c1-3-25-16-7-9-17(10-8-16)26(23,24)21-18-19-13-22(20-18)12-15-6-4-5-14(2)11-15/h4-11,13H,3,12H2,1-2H3,(H,20,21). The van der Waals surface area contributed by atoms with E-state index in [9.17, 15) is 8.42 Å². The molecule has 0 unspecified atom stereocenters. The van der Waals surface area contributed by atoms with Crippen molar-refractivity contribution >= 4 is 16.0 Å². The van der Waals surface area contributed by atoms with Crippen LogP contribution in [-0.4, -0.2) is 29.8 Å². The molecule has 1 aromatic heterocycles. The van der Waals surface area contributed by atoms with Crippen LogP contribution >= 0.6 is 0 Å². The van der Waals surface area contributed by atoms with Crippen molar-refractivity contribution in [2.75, 3.05) is 11.3 Å². The first-order valence-corrected chi connectivity index (χ1v) is 9.65. The second-order valence-corrected chi connectivity index (χ2v) is 7.45. The Hall–Kier alpha value is -2.87. The Kier molecular flexibility index (Phi) is 5.22. The first-order valence-electron chi connectivity index (χ1n) is 8.17. The SMILES string of the molecule is CCOc1ccc(S(=O)(=O)Nc2ncn(Cc3cccc(C)c3)n2)cc1. The maximum Gasteiger partial charge on any atom is 0.264 e. The predicted molar refractivity (Wildman–Crippen MR) is 98.7 cm³/mol. The van der Waals surface area contributed by atoms with E-state index in [4.69, 9.17) is 4.74 Å². The van der Waals surface area contributed by atoms with Gasteiger partial charge < -0.3 is 4.74 Å². The lowest BCUT2D eigenvalue weighted by Gasteiger charge is -2.06. The number of anilines is 1. The molecule has 3 aromatic rings. The molecule has 7 nitrogen and oxygen atoms in total. The van der Waals surface area contributed by atoms with Gasteiger partial charge in [-0.3, -0.25) is 0 Å². The Morgan fingerprint density at radius 3 is 2.62 bits per heavy atom. The summed E-state index contributed by atoms with van der Waals surface area (Å²) < 4.78 is 34.2. The lowest BCUT2D eigenvalue weighted by atomic mass is 10.1. The quantitative estimate of drug-likeness (QED) is 0.689. The van der Waals surface area contributed by atoms with Gasteiger partial charge in [-0.1, -0.05) is 29.8 Å². The van der Waals surface area contributed by atoms with Crippen molar-refractivity contribution in [1.29, 1.82) is 0 Å². The highest BCUT2D eigenvalue weighted by Crippen LogP contribution is 2.18. The van der Waals surface area contributed by atoms with Gasteiger partial charge in [-0.05, 0) is 43.7 Å². The number of hydrogen-bond donors (Lipinski definition) is 1. The van der Waals surface area contributed by atoms with Gasteiger partial charge >= 0.3 is 0 Å². The highest BCUT2D eigenvalue weighted by atomic mass is 32.2. The van der Waals surface area contributed by atoms with E-state index >= 15 is 0 Å². The van der Waals surface area contributed by atoms with Crippen LogP contribution in [-0.2, 0) is 16.6 Å². The van der Waals surface area contributed by atoms with Crippen LogP contribution in [0.25, 0.3) is 0 Å². The fraction of sp³-hybridized carbons (Fsp3) is 0.222. The van der Waals surface area contributed by atoms with Crippen LogP contribution < -0.4 is 9.46 Å². The second-order valence-electron chi connectivity index (χ2n) is 5.76. The van der Waals surface area contributed by atoms with Gasteiger partial charge in [0.25, 0.3) is 16.0 Å². The average Bonchev–Trinajstić information content (AvgIpc) is 3.02. The normalized spacial score (nSPS) is 11.3. The van der Waals surface area contributed by atoms with Gasteiger partial charge in [0.05, 0.1) is 18.0 Å². The largest absolute Gasteiger partial charge is 0.494 e. The minimum absolute atomic E-state index is 0.0338. The number of rotatable bonds is 7. The average molecular weight is 372 g/mol. The topological polar surface area (TPSA) is 86.1 Å². The molecule has 0 saturated carbocycles. The molecule has 0 aliphatic rings. The summed E-state index contributed by atoms with van der Waals surface area (Å²) >= 11 is 0. The Bertz CT molecular complexity index is 982. The Balaban J connectivity index is 1.71. The van der Waals surface area contributed by atoms with Gasteiger partial charge in [-0.25, -0.2) is 17.8 Å². The van der Waals surface area contributed by atoms with Crippen LogP contribution in [0.1, 0.15) is 18.1 Å². The number of nitrogens with zero attached hydrogens (tertiary/aromatic N) is 3. The molecule has 0 amide bonds. The van der Waals surface area contributed by atoms with Gasteiger partial charge in [0.15, 0.2) is 0 Å². The van der Waals surface area contributed by atoms with Crippen molar-refractivity contribution in [3.05, 3.63) is 66.0 Å². The molecule has 3 rings (SSSR count). The number of aromatic nitrogens is 3. The van der Waals surface area contributed by atoms with Gasteiger partial charge in [0, 0.05) is 0 Å². The maximum atomic E-state index is 12.4. The molecule has 8 heteroatoms. The van der Waals surface area contributed by atoms with Crippen molar-refractivity contribution < 1.29 is 13.2 Å². The van der Waals surface area contributed by atoms with Crippen LogP contribution in [0, 0.1) is 6.92 Å². The van der Waals surface area contributed by atoms with Gasteiger partial charge in [-0.15, -0.1) is 5.10 Å². The monoisotopic (exact) mass is 372 g/mol. The van der Waals surface area contributed by atoms with Gasteiger partial charge in [0.1, 0.15) is 12.1 Å². The number of sulfonamides is 1. The molecule has 0 aliphatic carbocycles. The smallest absolute Gasteiger partial charge is 0.264 e. The van der Waals surface area contributed by atoms with Crippen molar-refractivity contribution in [3.8, 4) is 5.75 Å². The minimum atomic E-state index is -3.76. The lowest BCUT2D eigenvalue weighted by molar-refractivity contribution is 0.340. The summed E-state index contributed by atoms with van der Waals surface area (Å²) in [5.41, 5.74) is 2.22. The maximum absolute atomic E-state index is 12.4. The molecule has 1 N–H and O–H groups in total. The Morgan fingerprint density at radius 1 is 1.15 bits per heavy atom. The zero-order chi connectivity index (χ0) is 18.6. The first kappa shape index (κ1) is 17.9. The zero-order valence-electron chi connectivity index (χ0n) is 14.6. The molecule has 0 aliphatic heterocycles. The highest BCUT2D eigenvalue weighted by Gasteiger charge is 2.16. The number of nitrogens with one attached hydrogen (secondary N) is 1. The van der Waals surface area contributed by atoms with Crippen LogP contribution in [0.5, 0.6) is 5.75 Å². The molecular formula is C18H20N4O3S. The van der Waals surface area contributed by atoms with E-state index in [1.165, 1.54) is 18.5 Å². The highest BCUT2D eigenvalue weighted by molar-refractivity contribution is 7.92. The molecule has 0 fully saturated rings. The summed E-state index contributed by atoms with van der Waals surface area (Å²) in [6, 6.07) is 14.2. The zero-order valence-corrected chi connectivity index (χ0v) is 15.4. The molecule has 0 bridgehead atoms. The van der Waals surface area contributed by atoms with Crippen LogP contribution in [0.15, 0.2) is 59.8 Å². The fourth-order valence-electron chi connectivity index (χ4n) is 2.48. The number of aryl methyl sites for hydroxylation is 1. The van der Waals surface area contributed by atoms with E-state index in [0.29, 0.717) is 18.9 Å². The van der Waals surface area contributed by atoms with Crippen LogP contribution in [0.2, 0.25) is 0 Å². The fourth-order valence-corrected chi connectivity index (χ4v) is 3.42. The van der Waals surface area contributed by atoms with Crippen LogP contribution in [0.3, 0.4) is 0 Å². The second kappa shape index (κ2) is 7.57. The number of benzene rings is 2. The molecule has 2 aromatic carbocycles. The summed E-state index contributed by atoms with van der Waals surface area (Å²) in [6.07, 6.45) is 1.50.